The summed E-state index contributed by atoms with van der Waals surface area (Å²) in [5.41, 5.74) is 7.92. The number of piperidine rings is 1. The van der Waals surface area contributed by atoms with E-state index in [2.05, 4.69) is 27.1 Å². The lowest BCUT2D eigenvalue weighted by Crippen LogP contribution is -2.38. The van der Waals surface area contributed by atoms with Crippen molar-refractivity contribution < 1.29 is 14.0 Å². The molecule has 3 aromatic heterocycles. The number of hydrogen-bond acceptors (Lipinski definition) is 6. The monoisotopic (exact) mass is 497 g/mol. The van der Waals surface area contributed by atoms with E-state index in [0.29, 0.717) is 30.1 Å². The number of halogens is 1. The molecule has 0 spiro atoms. The molecule has 1 aliphatic heterocycles. The highest BCUT2D eigenvalue weighted by molar-refractivity contribution is 6.04. The zero-order chi connectivity index (χ0) is 25.9. The number of nitrogens with zero attached hydrogens (tertiary/aromatic N) is 5. The third-order valence-electron chi connectivity index (χ3n) is 6.32. The third-order valence-corrected chi connectivity index (χ3v) is 6.32. The number of anilines is 2. The Morgan fingerprint density at radius 2 is 2.03 bits per heavy atom. The molecule has 0 radical (unpaired) electrons. The van der Waals surface area contributed by atoms with Crippen molar-refractivity contribution in [1.29, 1.82) is 0 Å². The molecule has 1 fully saturated rings. The molecule has 0 saturated carbocycles. The minimum Gasteiger partial charge on any atom is -0.369 e. The molecule has 4 heterocycles. The molecule has 5 rings (SSSR count). The van der Waals surface area contributed by atoms with Crippen LogP contribution in [0.2, 0.25) is 0 Å². The number of carbonyl (C=O) groups excluding carboxylic acids is 2. The van der Waals surface area contributed by atoms with Gasteiger partial charge in [-0.3, -0.25) is 14.0 Å². The van der Waals surface area contributed by atoms with Crippen LogP contribution in [-0.4, -0.2) is 49.2 Å². The second-order valence-electron chi connectivity index (χ2n) is 8.67. The van der Waals surface area contributed by atoms with Gasteiger partial charge in [0, 0.05) is 37.0 Å². The molecule has 37 heavy (non-hydrogen) atoms. The summed E-state index contributed by atoms with van der Waals surface area (Å²) < 4.78 is 17.0. The van der Waals surface area contributed by atoms with E-state index in [0.717, 1.165) is 18.9 Å². The van der Waals surface area contributed by atoms with Gasteiger partial charge in [-0.05, 0) is 62.1 Å². The van der Waals surface area contributed by atoms with Crippen molar-refractivity contribution in [3.05, 3.63) is 71.9 Å². The van der Waals surface area contributed by atoms with Crippen LogP contribution in [0.15, 0.2) is 54.9 Å². The highest BCUT2D eigenvalue weighted by Crippen LogP contribution is 2.34. The van der Waals surface area contributed by atoms with Crippen LogP contribution in [0.25, 0.3) is 16.9 Å². The number of aromatic nitrogens is 4. The van der Waals surface area contributed by atoms with E-state index in [1.54, 1.807) is 52.9 Å². The predicted octanol–water partition coefficient (Wildman–Crippen LogP) is 3.49. The number of likely N-dealkylation sites (tertiary alicyclic amines) is 1. The number of carbonyl (C=O) groups is 2. The van der Waals surface area contributed by atoms with Crippen molar-refractivity contribution in [1.82, 2.24) is 24.3 Å². The van der Waals surface area contributed by atoms with Crippen molar-refractivity contribution >= 4 is 29.1 Å². The summed E-state index contributed by atoms with van der Waals surface area (Å²) in [4.78, 5) is 39.7. The molecule has 1 saturated heterocycles. The van der Waals surface area contributed by atoms with Gasteiger partial charge in [-0.1, -0.05) is 12.0 Å². The predicted molar refractivity (Wildman–Crippen MR) is 137 cm³/mol. The summed E-state index contributed by atoms with van der Waals surface area (Å²) in [6.45, 7) is 2.71. The fourth-order valence-corrected chi connectivity index (χ4v) is 4.60. The Morgan fingerprint density at radius 3 is 2.78 bits per heavy atom. The second-order valence-corrected chi connectivity index (χ2v) is 8.67. The lowest BCUT2D eigenvalue weighted by Gasteiger charge is -2.30. The molecule has 1 unspecified atom stereocenters. The van der Waals surface area contributed by atoms with Crippen LogP contribution in [0.5, 0.6) is 0 Å². The second kappa shape index (κ2) is 10.1. The minimum absolute atomic E-state index is 0.0756. The third kappa shape index (κ3) is 4.71. The maximum absolute atomic E-state index is 15.4. The van der Waals surface area contributed by atoms with Gasteiger partial charge in [0.25, 0.3) is 11.8 Å². The van der Waals surface area contributed by atoms with E-state index in [9.17, 15) is 9.59 Å². The van der Waals surface area contributed by atoms with Crippen LogP contribution in [0, 0.1) is 17.7 Å². The average Bonchev–Trinajstić information content (AvgIpc) is 3.30. The molecule has 3 N–H and O–H groups in total. The Balaban J connectivity index is 1.51. The van der Waals surface area contributed by atoms with Crippen LogP contribution < -0.4 is 11.1 Å². The number of benzene rings is 1. The first-order valence-electron chi connectivity index (χ1n) is 11.8. The summed E-state index contributed by atoms with van der Waals surface area (Å²) in [6, 6.07) is 11.1. The molecule has 1 aliphatic rings. The van der Waals surface area contributed by atoms with Gasteiger partial charge in [0.15, 0.2) is 5.82 Å². The van der Waals surface area contributed by atoms with E-state index in [1.807, 2.05) is 0 Å². The van der Waals surface area contributed by atoms with Crippen molar-refractivity contribution in [3.8, 4) is 23.2 Å². The number of nitrogen functional groups attached to an aromatic ring is 1. The first-order valence-corrected chi connectivity index (χ1v) is 11.8. The topological polar surface area (TPSA) is 119 Å². The van der Waals surface area contributed by atoms with Gasteiger partial charge in [-0.25, -0.2) is 19.3 Å². The van der Waals surface area contributed by atoms with E-state index in [4.69, 9.17) is 10.7 Å². The molecule has 9 nitrogen and oxygen atoms in total. The molecule has 1 aromatic carbocycles. The van der Waals surface area contributed by atoms with E-state index in [-0.39, 0.29) is 34.7 Å². The lowest BCUT2D eigenvalue weighted by atomic mass is 9.94. The smallest absolute Gasteiger partial charge is 0.298 e. The Hall–Kier alpha value is -4.78. The number of hydrogen-bond donors (Lipinski definition) is 2. The van der Waals surface area contributed by atoms with Crippen LogP contribution >= 0.6 is 0 Å². The highest BCUT2D eigenvalue weighted by Gasteiger charge is 2.29. The van der Waals surface area contributed by atoms with Crippen LogP contribution in [0.3, 0.4) is 0 Å². The van der Waals surface area contributed by atoms with E-state index >= 15 is 4.39 Å². The molecule has 0 aliphatic carbocycles. The number of nitrogens with two attached hydrogens (primary N) is 1. The number of pyridine rings is 1. The number of amides is 2. The van der Waals surface area contributed by atoms with Gasteiger partial charge in [0.1, 0.15) is 11.6 Å². The summed E-state index contributed by atoms with van der Waals surface area (Å²) in [5, 5.41) is 2.64. The molecular formula is C27H24FN7O2. The maximum atomic E-state index is 15.4. The molecular weight excluding hydrogens is 473 g/mol. The Kier molecular flexibility index (Phi) is 6.51. The fraction of sp³-hybridized carbons (Fsp3) is 0.222. The van der Waals surface area contributed by atoms with Crippen molar-refractivity contribution in [2.45, 2.75) is 25.7 Å². The normalized spacial score (nSPS) is 15.2. The van der Waals surface area contributed by atoms with Gasteiger partial charge in [-0.15, -0.1) is 0 Å². The molecule has 0 bridgehead atoms. The highest BCUT2D eigenvalue weighted by atomic mass is 19.1. The molecule has 2 amide bonds. The Bertz CT molecular complexity index is 1560. The Labute approximate surface area is 212 Å². The number of fused-ring (bicyclic) bond motifs is 1. The van der Waals surface area contributed by atoms with Crippen LogP contribution in [0.1, 0.15) is 41.7 Å². The summed E-state index contributed by atoms with van der Waals surface area (Å²) in [7, 11) is 0. The van der Waals surface area contributed by atoms with Crippen molar-refractivity contribution in [2.24, 2.45) is 0 Å². The van der Waals surface area contributed by atoms with Crippen molar-refractivity contribution in [2.75, 3.05) is 24.1 Å². The fourth-order valence-electron chi connectivity index (χ4n) is 4.60. The first kappa shape index (κ1) is 23.9. The van der Waals surface area contributed by atoms with Crippen LogP contribution in [-0.2, 0) is 4.79 Å². The molecule has 4 aromatic rings. The average molecular weight is 498 g/mol. The number of imidazole rings is 1. The number of rotatable bonds is 4. The maximum Gasteiger partial charge on any atom is 0.298 e. The SMILES string of the molecule is CC#CC(=O)N1CCCC(c2nc(-c3ccc(C(=O)Nc4ccccn4)cc3F)n3c(N)nccc23)C1. The number of nitrogens with one attached hydrogen (secondary N) is 1. The first-order chi connectivity index (χ1) is 18.0. The Morgan fingerprint density at radius 1 is 1.16 bits per heavy atom. The van der Waals surface area contributed by atoms with E-state index in [1.165, 1.54) is 12.1 Å². The summed E-state index contributed by atoms with van der Waals surface area (Å²) in [5.74, 6) is 4.64. The quantitative estimate of drug-likeness (QED) is 0.417. The van der Waals surface area contributed by atoms with E-state index < -0.39 is 11.7 Å². The zero-order valence-corrected chi connectivity index (χ0v) is 20.1. The van der Waals surface area contributed by atoms with Gasteiger partial charge in [-0.2, -0.15) is 0 Å². The van der Waals surface area contributed by atoms with Crippen molar-refractivity contribution in [3.63, 3.8) is 0 Å². The van der Waals surface area contributed by atoms with Crippen LogP contribution in [0.4, 0.5) is 16.2 Å². The largest absolute Gasteiger partial charge is 0.369 e. The zero-order valence-electron chi connectivity index (χ0n) is 20.1. The van der Waals surface area contributed by atoms with Gasteiger partial charge in [0.05, 0.1) is 16.8 Å². The molecule has 1 atom stereocenters. The lowest BCUT2D eigenvalue weighted by molar-refractivity contribution is -0.126. The van der Waals surface area contributed by atoms with Gasteiger partial charge in [0.2, 0.25) is 5.95 Å². The minimum atomic E-state index is -0.631. The summed E-state index contributed by atoms with van der Waals surface area (Å²) >= 11 is 0. The summed E-state index contributed by atoms with van der Waals surface area (Å²) in [6.07, 6.45) is 4.74. The molecule has 10 heteroatoms. The standard InChI is InChI=1S/C27H24FN7O2/c1-2-6-23(36)34-14-5-7-18(16-34)24-21-11-13-31-27(29)35(21)25(33-24)19-10-9-17(15-20(19)28)26(37)32-22-8-3-4-12-30-22/h3-4,8-13,15,18H,5,7,14,16H2,1H3,(H2,29,31)(H,30,32,37). The van der Waals surface area contributed by atoms with Gasteiger partial charge >= 0.3 is 0 Å². The molecule has 186 valence electrons. The van der Waals surface area contributed by atoms with Gasteiger partial charge < -0.3 is 16.0 Å².